The Kier molecular flexibility index (Phi) is 5.41. The average Bonchev–Trinajstić information content (AvgIpc) is 2.33. The van der Waals surface area contributed by atoms with Gasteiger partial charge in [0, 0.05) is 14.2 Å². The zero-order valence-electron chi connectivity index (χ0n) is 10.1. The van der Waals surface area contributed by atoms with Crippen molar-refractivity contribution < 1.29 is 14.3 Å². The van der Waals surface area contributed by atoms with Gasteiger partial charge in [-0.15, -0.1) is 0 Å². The maximum Gasteiger partial charge on any atom is 0.252 e. The highest BCUT2D eigenvalue weighted by Crippen LogP contribution is 2.19. The van der Waals surface area contributed by atoms with Gasteiger partial charge in [-0.1, -0.05) is 23.7 Å². The first-order valence-corrected chi connectivity index (χ1v) is 5.56. The van der Waals surface area contributed by atoms with Crippen molar-refractivity contribution in [3.8, 4) is 0 Å². The summed E-state index contributed by atoms with van der Waals surface area (Å²) < 4.78 is 9.94. The van der Waals surface area contributed by atoms with Crippen molar-refractivity contribution in [1.29, 1.82) is 0 Å². The molecule has 0 saturated carbocycles. The summed E-state index contributed by atoms with van der Waals surface area (Å²) in [6, 6.07) is 5.33. The smallest absolute Gasteiger partial charge is 0.252 e. The van der Waals surface area contributed by atoms with Gasteiger partial charge >= 0.3 is 0 Å². The third kappa shape index (κ3) is 3.70. The number of carbonyl (C=O) groups is 1. The van der Waals surface area contributed by atoms with Crippen molar-refractivity contribution in [1.82, 2.24) is 5.32 Å². The van der Waals surface area contributed by atoms with Crippen LogP contribution in [-0.4, -0.2) is 33.0 Å². The molecule has 4 nitrogen and oxygen atoms in total. The average molecular weight is 258 g/mol. The lowest BCUT2D eigenvalue weighted by molar-refractivity contribution is -0.0974. The summed E-state index contributed by atoms with van der Waals surface area (Å²) in [5.74, 6) is -0.238. The summed E-state index contributed by atoms with van der Waals surface area (Å²) in [4.78, 5) is 11.8. The minimum Gasteiger partial charge on any atom is -0.354 e. The van der Waals surface area contributed by atoms with Gasteiger partial charge in [0.05, 0.1) is 17.1 Å². The lowest BCUT2D eigenvalue weighted by Gasteiger charge is -2.14. The Morgan fingerprint density at radius 2 is 2.06 bits per heavy atom. The number of ether oxygens (including phenoxy) is 2. The number of nitrogens with one attached hydrogen (secondary N) is 1. The molecular weight excluding hydrogens is 242 g/mol. The highest BCUT2D eigenvalue weighted by Gasteiger charge is 2.13. The van der Waals surface area contributed by atoms with E-state index in [1.807, 2.05) is 13.0 Å². The molecular formula is C12H16ClNO3. The molecule has 1 rings (SSSR count). The summed E-state index contributed by atoms with van der Waals surface area (Å²) >= 11 is 6.05. The van der Waals surface area contributed by atoms with E-state index >= 15 is 0 Å². The fourth-order valence-corrected chi connectivity index (χ4v) is 1.57. The molecule has 0 saturated heterocycles. The SMILES string of the molecule is COC(CNC(=O)c1cccc(C)c1Cl)OC. The van der Waals surface area contributed by atoms with Crippen molar-refractivity contribution in [2.24, 2.45) is 0 Å². The number of amides is 1. The molecule has 0 fully saturated rings. The third-order valence-corrected chi connectivity index (χ3v) is 2.89. The predicted octanol–water partition coefficient (Wildman–Crippen LogP) is 2.00. The van der Waals surface area contributed by atoms with Crippen LogP contribution in [0.2, 0.25) is 5.02 Å². The van der Waals surface area contributed by atoms with Gasteiger partial charge in [-0.3, -0.25) is 4.79 Å². The van der Waals surface area contributed by atoms with Crippen molar-refractivity contribution in [3.05, 3.63) is 34.3 Å². The fraction of sp³-hybridized carbons (Fsp3) is 0.417. The van der Waals surface area contributed by atoms with Gasteiger partial charge < -0.3 is 14.8 Å². The van der Waals surface area contributed by atoms with Crippen LogP contribution in [0, 0.1) is 6.92 Å². The molecule has 0 atom stereocenters. The van der Waals surface area contributed by atoms with E-state index in [4.69, 9.17) is 21.1 Å². The second-order valence-corrected chi connectivity index (χ2v) is 3.93. The van der Waals surface area contributed by atoms with Gasteiger partial charge in [0.2, 0.25) is 0 Å². The number of carbonyl (C=O) groups excluding carboxylic acids is 1. The summed E-state index contributed by atoms with van der Waals surface area (Å²) in [6.45, 7) is 2.13. The number of rotatable bonds is 5. The van der Waals surface area contributed by atoms with Crippen molar-refractivity contribution in [2.45, 2.75) is 13.2 Å². The third-order valence-electron chi connectivity index (χ3n) is 2.39. The van der Waals surface area contributed by atoms with Gasteiger partial charge in [0.1, 0.15) is 0 Å². The Hall–Kier alpha value is -1.10. The highest BCUT2D eigenvalue weighted by molar-refractivity contribution is 6.34. The number of halogens is 1. The number of hydrogen-bond donors (Lipinski definition) is 1. The summed E-state index contributed by atoms with van der Waals surface area (Å²) in [6.07, 6.45) is -0.456. The van der Waals surface area contributed by atoms with E-state index in [2.05, 4.69) is 5.32 Å². The van der Waals surface area contributed by atoms with Crippen LogP contribution in [0.4, 0.5) is 0 Å². The Bertz CT molecular complexity index is 391. The zero-order chi connectivity index (χ0) is 12.8. The minimum atomic E-state index is -0.456. The first-order valence-electron chi connectivity index (χ1n) is 5.19. The Morgan fingerprint density at radius 1 is 1.41 bits per heavy atom. The van der Waals surface area contributed by atoms with Crippen molar-refractivity contribution >= 4 is 17.5 Å². The van der Waals surface area contributed by atoms with Crippen LogP contribution in [0.25, 0.3) is 0 Å². The quantitative estimate of drug-likeness (QED) is 0.821. The monoisotopic (exact) mass is 257 g/mol. The van der Waals surface area contributed by atoms with Crippen LogP contribution in [0.3, 0.4) is 0 Å². The Morgan fingerprint density at radius 3 is 2.65 bits per heavy atom. The number of aryl methyl sites for hydroxylation is 1. The molecule has 0 aliphatic rings. The molecule has 1 aromatic rings. The van der Waals surface area contributed by atoms with Crippen LogP contribution in [0.15, 0.2) is 18.2 Å². The predicted molar refractivity (Wildman–Crippen MR) is 66.3 cm³/mol. The maximum atomic E-state index is 11.8. The molecule has 0 spiro atoms. The second kappa shape index (κ2) is 6.59. The lowest BCUT2D eigenvalue weighted by Crippen LogP contribution is -2.34. The van der Waals surface area contributed by atoms with E-state index in [0.717, 1.165) is 5.56 Å². The standard InChI is InChI=1S/C12H16ClNO3/c1-8-5-4-6-9(11(8)13)12(15)14-7-10(16-2)17-3/h4-6,10H,7H2,1-3H3,(H,14,15). The molecule has 0 aliphatic heterocycles. The van der Waals surface area contributed by atoms with Crippen LogP contribution in [0.1, 0.15) is 15.9 Å². The summed E-state index contributed by atoms with van der Waals surface area (Å²) in [7, 11) is 3.03. The Labute approximate surface area is 106 Å². The second-order valence-electron chi connectivity index (χ2n) is 3.55. The van der Waals surface area contributed by atoms with Gasteiger partial charge in [0.15, 0.2) is 6.29 Å². The first kappa shape index (κ1) is 14.0. The molecule has 0 heterocycles. The molecule has 17 heavy (non-hydrogen) atoms. The molecule has 0 radical (unpaired) electrons. The molecule has 1 amide bonds. The van der Waals surface area contributed by atoms with E-state index in [1.165, 1.54) is 14.2 Å². The largest absolute Gasteiger partial charge is 0.354 e. The van der Waals surface area contributed by atoms with Crippen LogP contribution < -0.4 is 5.32 Å². The fourth-order valence-electron chi connectivity index (χ4n) is 1.36. The van der Waals surface area contributed by atoms with Gasteiger partial charge in [-0.2, -0.15) is 0 Å². The van der Waals surface area contributed by atoms with Gasteiger partial charge in [-0.25, -0.2) is 0 Å². The number of benzene rings is 1. The normalized spacial score (nSPS) is 10.6. The maximum absolute atomic E-state index is 11.8. The number of hydrogen-bond acceptors (Lipinski definition) is 3. The summed E-state index contributed by atoms with van der Waals surface area (Å²) in [5.41, 5.74) is 1.33. The molecule has 0 aliphatic carbocycles. The van der Waals surface area contributed by atoms with Crippen LogP contribution >= 0.6 is 11.6 Å². The number of methoxy groups -OCH3 is 2. The summed E-state index contributed by atoms with van der Waals surface area (Å²) in [5, 5.41) is 3.16. The van der Waals surface area contributed by atoms with Crippen molar-refractivity contribution in [2.75, 3.05) is 20.8 Å². The van der Waals surface area contributed by atoms with Gasteiger partial charge in [0.25, 0.3) is 5.91 Å². The highest BCUT2D eigenvalue weighted by atomic mass is 35.5. The molecule has 0 bridgehead atoms. The van der Waals surface area contributed by atoms with Crippen LogP contribution in [-0.2, 0) is 9.47 Å². The topological polar surface area (TPSA) is 47.6 Å². The molecule has 0 unspecified atom stereocenters. The molecule has 94 valence electrons. The first-order chi connectivity index (χ1) is 8.10. The van der Waals surface area contributed by atoms with E-state index < -0.39 is 6.29 Å². The molecule has 1 aromatic carbocycles. The lowest BCUT2D eigenvalue weighted by atomic mass is 10.1. The zero-order valence-corrected chi connectivity index (χ0v) is 10.9. The molecule has 1 N–H and O–H groups in total. The van der Waals surface area contributed by atoms with E-state index in [9.17, 15) is 4.79 Å². The van der Waals surface area contributed by atoms with E-state index in [1.54, 1.807) is 12.1 Å². The van der Waals surface area contributed by atoms with E-state index in [0.29, 0.717) is 10.6 Å². The Balaban J connectivity index is 2.67. The van der Waals surface area contributed by atoms with Gasteiger partial charge in [-0.05, 0) is 18.6 Å². The molecule has 0 aromatic heterocycles. The van der Waals surface area contributed by atoms with Crippen molar-refractivity contribution in [3.63, 3.8) is 0 Å². The van der Waals surface area contributed by atoms with Crippen LogP contribution in [0.5, 0.6) is 0 Å². The van der Waals surface area contributed by atoms with E-state index in [-0.39, 0.29) is 12.5 Å². The molecule has 5 heteroatoms. The minimum absolute atomic E-state index is 0.238.